The Kier molecular flexibility index (Phi) is 6.07. The Morgan fingerprint density at radius 2 is 2.11 bits per heavy atom. The van der Waals surface area contributed by atoms with Crippen molar-refractivity contribution in [1.29, 1.82) is 0 Å². The largest absolute Gasteiger partial charge is 0.478 e. The lowest BCUT2D eigenvalue weighted by molar-refractivity contribution is 0.0698. The molecule has 0 aromatic heterocycles. The molecule has 1 atom stereocenters. The third-order valence-electron chi connectivity index (χ3n) is 2.77. The van der Waals surface area contributed by atoms with Gasteiger partial charge >= 0.3 is 12.0 Å². The van der Waals surface area contributed by atoms with Gasteiger partial charge in [0.1, 0.15) is 0 Å². The predicted molar refractivity (Wildman–Crippen MR) is 82.6 cm³/mol. The van der Waals surface area contributed by atoms with Crippen molar-refractivity contribution >= 4 is 40.3 Å². The minimum Gasteiger partial charge on any atom is -0.478 e. The molecule has 19 heavy (non-hydrogen) atoms. The predicted octanol–water partition coefficient (Wildman–Crippen LogP) is 3.16. The van der Waals surface area contributed by atoms with E-state index < -0.39 is 5.97 Å². The quantitative estimate of drug-likeness (QED) is 0.691. The molecule has 2 amide bonds. The molecule has 0 radical (unpaired) electrons. The third-order valence-corrected chi connectivity index (χ3v) is 3.44. The van der Waals surface area contributed by atoms with Crippen LogP contribution in [-0.2, 0) is 0 Å². The van der Waals surface area contributed by atoms with Gasteiger partial charge in [-0.05, 0) is 46.7 Å². The summed E-state index contributed by atoms with van der Waals surface area (Å²) in [4.78, 5) is 22.8. The van der Waals surface area contributed by atoms with Crippen molar-refractivity contribution in [3.8, 4) is 0 Å². The molecule has 0 aliphatic carbocycles. The van der Waals surface area contributed by atoms with Crippen LogP contribution in [0.2, 0.25) is 0 Å². The first-order chi connectivity index (χ1) is 8.93. The van der Waals surface area contributed by atoms with Gasteiger partial charge < -0.3 is 15.7 Å². The number of rotatable bonds is 5. The molecule has 0 heterocycles. The molecule has 5 nitrogen and oxygen atoms in total. The van der Waals surface area contributed by atoms with Gasteiger partial charge in [0, 0.05) is 10.1 Å². The van der Waals surface area contributed by atoms with E-state index in [0.717, 1.165) is 9.99 Å². The molecule has 6 heteroatoms. The van der Waals surface area contributed by atoms with Crippen molar-refractivity contribution in [3.63, 3.8) is 0 Å². The Balaban J connectivity index is 2.71. The summed E-state index contributed by atoms with van der Waals surface area (Å²) < 4.78 is 0.806. The van der Waals surface area contributed by atoms with Gasteiger partial charge in [0.15, 0.2) is 0 Å². The van der Waals surface area contributed by atoms with Crippen LogP contribution in [0.1, 0.15) is 30.6 Å². The Morgan fingerprint density at radius 1 is 1.42 bits per heavy atom. The number of hydrogen-bond acceptors (Lipinski definition) is 2. The highest BCUT2D eigenvalue weighted by molar-refractivity contribution is 14.1. The molecule has 1 unspecified atom stereocenters. The van der Waals surface area contributed by atoms with E-state index >= 15 is 0 Å². The number of urea groups is 1. The van der Waals surface area contributed by atoms with Crippen LogP contribution in [0.15, 0.2) is 18.2 Å². The zero-order valence-corrected chi connectivity index (χ0v) is 13.0. The van der Waals surface area contributed by atoms with Crippen LogP contribution in [0.3, 0.4) is 0 Å². The van der Waals surface area contributed by atoms with Gasteiger partial charge in [-0.25, -0.2) is 9.59 Å². The number of aromatic carboxylic acids is 1. The molecule has 1 rings (SSSR count). The molecule has 1 aromatic rings. The third kappa shape index (κ3) is 5.06. The lowest BCUT2D eigenvalue weighted by atomic mass is 10.1. The topological polar surface area (TPSA) is 78.4 Å². The summed E-state index contributed by atoms with van der Waals surface area (Å²) in [6.07, 6.45) is 0.976. The number of halogens is 1. The van der Waals surface area contributed by atoms with Crippen LogP contribution in [-0.4, -0.2) is 23.7 Å². The van der Waals surface area contributed by atoms with Gasteiger partial charge in [-0.15, -0.1) is 0 Å². The summed E-state index contributed by atoms with van der Waals surface area (Å²) in [5, 5.41) is 14.4. The number of amides is 2. The van der Waals surface area contributed by atoms with Gasteiger partial charge in [-0.3, -0.25) is 0 Å². The fourth-order valence-electron chi connectivity index (χ4n) is 1.38. The minimum atomic E-state index is -1.06. The number of benzene rings is 1. The van der Waals surface area contributed by atoms with Crippen molar-refractivity contribution in [1.82, 2.24) is 5.32 Å². The highest BCUT2D eigenvalue weighted by Crippen LogP contribution is 2.18. The number of anilines is 1. The van der Waals surface area contributed by atoms with E-state index in [0.29, 0.717) is 18.2 Å². The molecular weight excluding hydrogens is 359 g/mol. The molecule has 0 bridgehead atoms. The van der Waals surface area contributed by atoms with Crippen molar-refractivity contribution in [2.45, 2.75) is 20.3 Å². The van der Waals surface area contributed by atoms with Crippen molar-refractivity contribution in [2.24, 2.45) is 5.92 Å². The lowest BCUT2D eigenvalue weighted by Crippen LogP contribution is -2.32. The monoisotopic (exact) mass is 376 g/mol. The van der Waals surface area contributed by atoms with Crippen LogP contribution in [0.5, 0.6) is 0 Å². The minimum absolute atomic E-state index is 0.0885. The maximum Gasteiger partial charge on any atom is 0.337 e. The van der Waals surface area contributed by atoms with Crippen LogP contribution in [0, 0.1) is 9.49 Å². The normalized spacial score (nSPS) is 11.7. The number of nitrogens with one attached hydrogen (secondary N) is 2. The average Bonchev–Trinajstić information content (AvgIpc) is 2.37. The molecule has 0 saturated carbocycles. The van der Waals surface area contributed by atoms with Gasteiger partial charge in [0.25, 0.3) is 0 Å². The molecule has 1 aromatic carbocycles. The Morgan fingerprint density at radius 3 is 2.68 bits per heavy atom. The second-order valence-corrected chi connectivity index (χ2v) is 5.59. The van der Waals surface area contributed by atoms with Crippen molar-refractivity contribution < 1.29 is 14.7 Å². The summed E-state index contributed by atoms with van der Waals surface area (Å²) in [6.45, 7) is 4.65. The van der Waals surface area contributed by atoms with E-state index in [1.807, 2.05) is 36.4 Å². The Bertz CT molecular complexity index is 477. The van der Waals surface area contributed by atoms with Gasteiger partial charge in [-0.1, -0.05) is 20.3 Å². The average molecular weight is 376 g/mol. The summed E-state index contributed by atoms with van der Waals surface area (Å²) in [5.74, 6) is -0.669. The van der Waals surface area contributed by atoms with Gasteiger partial charge in [0.2, 0.25) is 0 Å². The summed E-state index contributed by atoms with van der Waals surface area (Å²) in [6, 6.07) is 4.47. The zero-order valence-electron chi connectivity index (χ0n) is 10.9. The van der Waals surface area contributed by atoms with Gasteiger partial charge in [-0.2, -0.15) is 0 Å². The first-order valence-electron chi connectivity index (χ1n) is 6.01. The smallest absolute Gasteiger partial charge is 0.337 e. The second kappa shape index (κ2) is 7.32. The van der Waals surface area contributed by atoms with Crippen LogP contribution in [0.4, 0.5) is 10.5 Å². The summed E-state index contributed by atoms with van der Waals surface area (Å²) in [7, 11) is 0. The highest BCUT2D eigenvalue weighted by atomic mass is 127. The first kappa shape index (κ1) is 15.7. The fourth-order valence-corrected chi connectivity index (χ4v) is 1.87. The molecule has 0 aliphatic heterocycles. The van der Waals surface area contributed by atoms with Crippen molar-refractivity contribution in [2.75, 3.05) is 11.9 Å². The van der Waals surface area contributed by atoms with E-state index in [9.17, 15) is 9.59 Å². The molecule has 0 fully saturated rings. The van der Waals surface area contributed by atoms with E-state index in [1.54, 1.807) is 12.1 Å². The Hall–Kier alpha value is -1.31. The fraction of sp³-hybridized carbons (Fsp3) is 0.385. The second-order valence-electron chi connectivity index (χ2n) is 4.34. The molecule has 3 N–H and O–H groups in total. The molecule has 104 valence electrons. The molecule has 0 aliphatic rings. The zero-order chi connectivity index (χ0) is 14.4. The number of hydrogen-bond donors (Lipinski definition) is 3. The van der Waals surface area contributed by atoms with E-state index in [2.05, 4.69) is 10.6 Å². The standard InChI is InChI=1S/C13H17IN2O3/c1-3-8(2)7-15-13(19)16-11-5-4-9(14)6-10(11)12(17)18/h4-6,8H,3,7H2,1-2H3,(H,17,18)(H2,15,16,19). The van der Waals surface area contributed by atoms with E-state index in [-0.39, 0.29) is 11.6 Å². The maximum atomic E-state index is 11.7. The first-order valence-corrected chi connectivity index (χ1v) is 7.09. The van der Waals surface area contributed by atoms with Crippen LogP contribution >= 0.6 is 22.6 Å². The van der Waals surface area contributed by atoms with E-state index in [1.165, 1.54) is 6.07 Å². The van der Waals surface area contributed by atoms with E-state index in [4.69, 9.17) is 5.11 Å². The van der Waals surface area contributed by atoms with Gasteiger partial charge in [0.05, 0.1) is 11.3 Å². The van der Waals surface area contributed by atoms with Crippen LogP contribution in [0.25, 0.3) is 0 Å². The number of carboxylic acid groups (broad SMARTS) is 1. The molecular formula is C13H17IN2O3. The molecule has 0 spiro atoms. The van der Waals surface area contributed by atoms with Crippen LogP contribution < -0.4 is 10.6 Å². The SMILES string of the molecule is CCC(C)CNC(=O)Nc1ccc(I)cc1C(=O)O. The molecule has 0 saturated heterocycles. The summed E-state index contributed by atoms with van der Waals surface area (Å²) >= 11 is 2.03. The maximum absolute atomic E-state index is 11.7. The Labute approximate surface area is 125 Å². The number of carbonyl (C=O) groups is 2. The van der Waals surface area contributed by atoms with Crippen molar-refractivity contribution in [3.05, 3.63) is 27.3 Å². The highest BCUT2D eigenvalue weighted by Gasteiger charge is 2.13. The lowest BCUT2D eigenvalue weighted by Gasteiger charge is -2.12. The number of carboxylic acids is 1. The number of carbonyl (C=O) groups excluding carboxylic acids is 1. The summed E-state index contributed by atoms with van der Waals surface area (Å²) in [5.41, 5.74) is 0.389.